The highest BCUT2D eigenvalue weighted by Gasteiger charge is 2.26. The molecule has 0 bridgehead atoms. The van der Waals surface area contributed by atoms with Crippen LogP contribution < -0.4 is 4.74 Å². The summed E-state index contributed by atoms with van der Waals surface area (Å²) in [5.74, 6) is 0.165. The molecule has 1 fully saturated rings. The second-order valence-electron chi connectivity index (χ2n) is 4.19. The van der Waals surface area contributed by atoms with Crippen molar-refractivity contribution >= 4 is 5.91 Å². The minimum Gasteiger partial charge on any atom is -0.487 e. The molecule has 0 saturated heterocycles. The maximum Gasteiger partial charge on any atom is 0.256 e. The van der Waals surface area contributed by atoms with Gasteiger partial charge in [-0.3, -0.25) is 9.78 Å². The van der Waals surface area contributed by atoms with Gasteiger partial charge in [-0.05, 0) is 12.8 Å². The predicted octanol–water partition coefficient (Wildman–Crippen LogP) is 1.20. The number of ether oxygens (including phenoxy) is 1. The van der Waals surface area contributed by atoms with Gasteiger partial charge in [0.05, 0.1) is 17.9 Å². The van der Waals surface area contributed by atoms with Crippen molar-refractivity contribution in [3.63, 3.8) is 0 Å². The summed E-state index contributed by atoms with van der Waals surface area (Å²) in [7, 11) is 3.27. The Balaban J connectivity index is 2.38. The van der Waals surface area contributed by atoms with Crippen molar-refractivity contribution in [1.29, 1.82) is 5.26 Å². The average molecular weight is 231 g/mol. The number of hydrogen-bond donors (Lipinski definition) is 0. The minimum absolute atomic E-state index is 0.175. The van der Waals surface area contributed by atoms with E-state index in [1.807, 2.05) is 6.07 Å². The molecule has 0 unspecified atom stereocenters. The van der Waals surface area contributed by atoms with Gasteiger partial charge < -0.3 is 9.64 Å². The largest absolute Gasteiger partial charge is 0.487 e. The standard InChI is InChI=1S/C12H13N3O2/c1-15(2)12(16)10-6-14-7-11(9(10)5-13)17-8-3-4-8/h6-8H,3-4H2,1-2H3. The van der Waals surface area contributed by atoms with E-state index in [9.17, 15) is 4.79 Å². The van der Waals surface area contributed by atoms with Crippen LogP contribution in [-0.2, 0) is 0 Å². The van der Waals surface area contributed by atoms with Gasteiger partial charge in [-0.2, -0.15) is 5.26 Å². The molecule has 17 heavy (non-hydrogen) atoms. The van der Waals surface area contributed by atoms with Gasteiger partial charge in [-0.25, -0.2) is 0 Å². The molecule has 1 aromatic rings. The fourth-order valence-electron chi connectivity index (χ4n) is 1.41. The second-order valence-corrected chi connectivity index (χ2v) is 4.19. The Kier molecular flexibility index (Phi) is 2.96. The quantitative estimate of drug-likeness (QED) is 0.783. The molecule has 0 spiro atoms. The monoisotopic (exact) mass is 231 g/mol. The molecule has 0 atom stereocenters. The predicted molar refractivity (Wildman–Crippen MR) is 60.6 cm³/mol. The molecular weight excluding hydrogens is 218 g/mol. The SMILES string of the molecule is CN(C)C(=O)c1cncc(OC2CC2)c1C#N. The van der Waals surface area contributed by atoms with Gasteiger partial charge in [0.2, 0.25) is 0 Å². The Bertz CT molecular complexity index is 487. The number of nitriles is 1. The molecule has 2 rings (SSSR count). The van der Waals surface area contributed by atoms with Gasteiger partial charge in [0.1, 0.15) is 11.6 Å². The van der Waals surface area contributed by atoms with E-state index >= 15 is 0 Å². The van der Waals surface area contributed by atoms with Crippen LogP contribution in [0, 0.1) is 11.3 Å². The maximum atomic E-state index is 11.9. The number of aromatic nitrogens is 1. The molecule has 0 aliphatic heterocycles. The lowest BCUT2D eigenvalue weighted by atomic mass is 10.1. The Morgan fingerprint density at radius 2 is 2.24 bits per heavy atom. The van der Waals surface area contributed by atoms with Gasteiger partial charge in [0.15, 0.2) is 5.75 Å². The van der Waals surface area contributed by atoms with Crippen molar-refractivity contribution in [2.45, 2.75) is 18.9 Å². The lowest BCUT2D eigenvalue weighted by Gasteiger charge is -2.13. The third-order valence-electron chi connectivity index (χ3n) is 2.48. The van der Waals surface area contributed by atoms with Crippen LogP contribution in [0.25, 0.3) is 0 Å². The Morgan fingerprint density at radius 1 is 1.53 bits per heavy atom. The van der Waals surface area contributed by atoms with Crippen molar-refractivity contribution in [2.24, 2.45) is 0 Å². The number of carbonyl (C=O) groups excluding carboxylic acids is 1. The van der Waals surface area contributed by atoms with E-state index in [1.54, 1.807) is 14.1 Å². The summed E-state index contributed by atoms with van der Waals surface area (Å²) < 4.78 is 5.56. The first kappa shape index (κ1) is 11.4. The number of hydrogen-bond acceptors (Lipinski definition) is 4. The highest BCUT2D eigenvalue weighted by atomic mass is 16.5. The molecule has 1 aliphatic rings. The fourth-order valence-corrected chi connectivity index (χ4v) is 1.41. The van der Waals surface area contributed by atoms with E-state index in [-0.39, 0.29) is 23.1 Å². The molecule has 1 heterocycles. The summed E-state index contributed by atoms with van der Waals surface area (Å²) in [5, 5.41) is 9.13. The molecular formula is C12H13N3O2. The average Bonchev–Trinajstić information content (AvgIpc) is 3.11. The zero-order valence-corrected chi connectivity index (χ0v) is 9.80. The molecule has 1 aromatic heterocycles. The lowest BCUT2D eigenvalue weighted by molar-refractivity contribution is 0.0826. The van der Waals surface area contributed by atoms with Crippen LogP contribution in [0.4, 0.5) is 0 Å². The summed E-state index contributed by atoms with van der Waals surface area (Å²) in [6, 6.07) is 2.02. The minimum atomic E-state index is -0.240. The van der Waals surface area contributed by atoms with Crippen LogP contribution >= 0.6 is 0 Å². The van der Waals surface area contributed by atoms with Gasteiger partial charge in [0, 0.05) is 20.3 Å². The van der Waals surface area contributed by atoms with Crippen LogP contribution in [-0.4, -0.2) is 36.0 Å². The van der Waals surface area contributed by atoms with Crippen molar-refractivity contribution < 1.29 is 9.53 Å². The van der Waals surface area contributed by atoms with E-state index in [1.165, 1.54) is 17.3 Å². The summed E-state index contributed by atoms with van der Waals surface area (Å²) in [6.07, 6.45) is 5.06. The Labute approximate surface area is 99.6 Å². The first-order valence-corrected chi connectivity index (χ1v) is 5.40. The van der Waals surface area contributed by atoms with Crippen LogP contribution in [0.15, 0.2) is 12.4 Å². The first-order chi connectivity index (χ1) is 8.13. The van der Waals surface area contributed by atoms with Crippen molar-refractivity contribution in [3.8, 4) is 11.8 Å². The molecule has 0 N–H and O–H groups in total. The normalized spacial score (nSPS) is 13.9. The first-order valence-electron chi connectivity index (χ1n) is 5.40. The smallest absolute Gasteiger partial charge is 0.256 e. The Morgan fingerprint density at radius 3 is 2.76 bits per heavy atom. The van der Waals surface area contributed by atoms with E-state index in [0.717, 1.165) is 12.8 Å². The van der Waals surface area contributed by atoms with Gasteiger partial charge >= 0.3 is 0 Å². The molecule has 5 heteroatoms. The van der Waals surface area contributed by atoms with Crippen molar-refractivity contribution in [1.82, 2.24) is 9.88 Å². The molecule has 88 valence electrons. The van der Waals surface area contributed by atoms with E-state index in [4.69, 9.17) is 10.00 Å². The van der Waals surface area contributed by atoms with Crippen LogP contribution in [0.5, 0.6) is 5.75 Å². The van der Waals surface area contributed by atoms with Crippen LogP contribution in [0.3, 0.4) is 0 Å². The van der Waals surface area contributed by atoms with Crippen molar-refractivity contribution in [3.05, 3.63) is 23.5 Å². The van der Waals surface area contributed by atoms with E-state index < -0.39 is 0 Å². The maximum absolute atomic E-state index is 11.9. The summed E-state index contributed by atoms with van der Waals surface area (Å²) in [4.78, 5) is 17.2. The highest BCUT2D eigenvalue weighted by molar-refractivity contribution is 5.96. The molecule has 0 radical (unpaired) electrons. The molecule has 1 aliphatic carbocycles. The van der Waals surface area contributed by atoms with Gasteiger partial charge in [-0.15, -0.1) is 0 Å². The Hall–Kier alpha value is -2.09. The van der Waals surface area contributed by atoms with E-state index in [0.29, 0.717) is 5.75 Å². The van der Waals surface area contributed by atoms with Crippen molar-refractivity contribution in [2.75, 3.05) is 14.1 Å². The molecule has 0 aromatic carbocycles. The fraction of sp³-hybridized carbons (Fsp3) is 0.417. The summed E-state index contributed by atoms with van der Waals surface area (Å²) >= 11 is 0. The number of rotatable bonds is 3. The number of amides is 1. The zero-order chi connectivity index (χ0) is 12.4. The van der Waals surface area contributed by atoms with E-state index in [2.05, 4.69) is 4.98 Å². The van der Waals surface area contributed by atoms with Crippen LogP contribution in [0.2, 0.25) is 0 Å². The number of pyridine rings is 1. The summed E-state index contributed by atoms with van der Waals surface area (Å²) in [5.41, 5.74) is 0.557. The third kappa shape index (κ3) is 2.36. The topological polar surface area (TPSA) is 66.2 Å². The molecule has 1 amide bonds. The highest BCUT2D eigenvalue weighted by Crippen LogP contribution is 2.29. The lowest BCUT2D eigenvalue weighted by Crippen LogP contribution is -2.23. The zero-order valence-electron chi connectivity index (χ0n) is 9.80. The van der Waals surface area contributed by atoms with Crippen LogP contribution in [0.1, 0.15) is 28.8 Å². The number of nitrogens with zero attached hydrogens (tertiary/aromatic N) is 3. The van der Waals surface area contributed by atoms with Gasteiger partial charge in [0.25, 0.3) is 5.91 Å². The third-order valence-corrected chi connectivity index (χ3v) is 2.48. The summed E-state index contributed by atoms with van der Waals surface area (Å²) in [6.45, 7) is 0. The number of carbonyl (C=O) groups is 1. The second kappa shape index (κ2) is 4.42. The van der Waals surface area contributed by atoms with Gasteiger partial charge in [-0.1, -0.05) is 0 Å². The molecule has 1 saturated carbocycles. The molecule has 5 nitrogen and oxygen atoms in total.